The van der Waals surface area contributed by atoms with Crippen LogP contribution in [0.1, 0.15) is 12.8 Å². The highest BCUT2D eigenvalue weighted by atomic mass is 16.4. The standard InChI is InChI=1S/C10H16N2O3/c13-7-8-5-9(6-8)11-1-3-12(4-2-11)10(14)15/h7-9H,1-6H2,(H,14,15). The minimum absolute atomic E-state index is 0.243. The van der Waals surface area contributed by atoms with Crippen LogP contribution in [-0.4, -0.2) is 59.5 Å². The lowest BCUT2D eigenvalue weighted by molar-refractivity contribution is -0.115. The number of carbonyl (C=O) groups is 2. The maximum Gasteiger partial charge on any atom is 0.407 e. The zero-order valence-corrected chi connectivity index (χ0v) is 8.63. The zero-order chi connectivity index (χ0) is 10.8. The molecule has 0 spiro atoms. The van der Waals surface area contributed by atoms with Gasteiger partial charge < -0.3 is 14.8 Å². The van der Waals surface area contributed by atoms with Crippen LogP contribution in [0.2, 0.25) is 0 Å². The summed E-state index contributed by atoms with van der Waals surface area (Å²) in [5.41, 5.74) is 0. The second-order valence-electron chi connectivity index (χ2n) is 4.33. The van der Waals surface area contributed by atoms with Crippen molar-refractivity contribution in [2.24, 2.45) is 5.92 Å². The highest BCUT2D eigenvalue weighted by Gasteiger charge is 2.35. The number of nitrogens with zero attached hydrogens (tertiary/aromatic N) is 2. The highest BCUT2D eigenvalue weighted by Crippen LogP contribution is 2.30. The Labute approximate surface area is 88.6 Å². The number of hydrogen-bond donors (Lipinski definition) is 1. The van der Waals surface area contributed by atoms with Crippen LogP contribution in [0.25, 0.3) is 0 Å². The monoisotopic (exact) mass is 212 g/mol. The van der Waals surface area contributed by atoms with E-state index >= 15 is 0 Å². The van der Waals surface area contributed by atoms with E-state index in [4.69, 9.17) is 5.11 Å². The van der Waals surface area contributed by atoms with E-state index in [1.54, 1.807) is 0 Å². The van der Waals surface area contributed by atoms with Gasteiger partial charge in [0.2, 0.25) is 0 Å². The molecule has 0 atom stereocenters. The highest BCUT2D eigenvalue weighted by molar-refractivity contribution is 5.65. The minimum atomic E-state index is -0.825. The first-order valence-electron chi connectivity index (χ1n) is 5.38. The van der Waals surface area contributed by atoms with Gasteiger partial charge in [-0.1, -0.05) is 0 Å². The summed E-state index contributed by atoms with van der Waals surface area (Å²) in [6, 6.07) is 0.510. The van der Waals surface area contributed by atoms with Gasteiger partial charge in [-0.15, -0.1) is 0 Å². The van der Waals surface area contributed by atoms with Crippen LogP contribution >= 0.6 is 0 Å². The Kier molecular flexibility index (Phi) is 2.90. The molecular formula is C10H16N2O3. The molecule has 1 amide bonds. The lowest BCUT2D eigenvalue weighted by Gasteiger charge is -2.44. The summed E-state index contributed by atoms with van der Waals surface area (Å²) < 4.78 is 0. The number of amides is 1. The van der Waals surface area contributed by atoms with Crippen LogP contribution in [0.3, 0.4) is 0 Å². The van der Waals surface area contributed by atoms with Crippen LogP contribution < -0.4 is 0 Å². The normalized spacial score (nSPS) is 32.1. The molecule has 0 aromatic heterocycles. The van der Waals surface area contributed by atoms with Crippen molar-refractivity contribution in [1.29, 1.82) is 0 Å². The molecule has 15 heavy (non-hydrogen) atoms. The largest absolute Gasteiger partial charge is 0.465 e. The zero-order valence-electron chi connectivity index (χ0n) is 8.63. The van der Waals surface area contributed by atoms with Gasteiger partial charge in [0, 0.05) is 38.1 Å². The first kappa shape index (κ1) is 10.4. The third kappa shape index (κ3) is 2.12. The van der Waals surface area contributed by atoms with E-state index in [1.165, 1.54) is 4.90 Å². The summed E-state index contributed by atoms with van der Waals surface area (Å²) in [5.74, 6) is 0.243. The molecule has 2 rings (SSSR count). The molecule has 0 unspecified atom stereocenters. The first-order valence-corrected chi connectivity index (χ1v) is 5.38. The first-order chi connectivity index (χ1) is 7.20. The molecule has 1 aliphatic heterocycles. The Hall–Kier alpha value is -1.10. The van der Waals surface area contributed by atoms with Gasteiger partial charge in [0.25, 0.3) is 0 Å². The van der Waals surface area contributed by atoms with E-state index in [9.17, 15) is 9.59 Å². The molecular weight excluding hydrogens is 196 g/mol. The molecule has 2 aliphatic rings. The Morgan fingerprint density at radius 2 is 1.80 bits per heavy atom. The van der Waals surface area contributed by atoms with Crippen LogP contribution in [-0.2, 0) is 4.79 Å². The molecule has 0 bridgehead atoms. The van der Waals surface area contributed by atoms with Gasteiger partial charge in [-0.3, -0.25) is 4.90 Å². The fraction of sp³-hybridized carbons (Fsp3) is 0.800. The van der Waals surface area contributed by atoms with Gasteiger partial charge in [-0.25, -0.2) is 4.79 Å². The number of aldehydes is 1. The van der Waals surface area contributed by atoms with E-state index in [0.29, 0.717) is 19.1 Å². The predicted octanol–water partition coefficient (Wildman–Crippen LogP) is 0.259. The van der Waals surface area contributed by atoms with Crippen molar-refractivity contribution in [3.8, 4) is 0 Å². The summed E-state index contributed by atoms with van der Waals surface area (Å²) in [4.78, 5) is 24.9. The van der Waals surface area contributed by atoms with Crippen LogP contribution in [0.15, 0.2) is 0 Å². The van der Waals surface area contributed by atoms with Crippen molar-refractivity contribution in [2.45, 2.75) is 18.9 Å². The Morgan fingerprint density at radius 3 is 2.27 bits per heavy atom. The molecule has 0 radical (unpaired) electrons. The molecule has 1 saturated heterocycles. The third-order valence-corrected chi connectivity index (χ3v) is 3.44. The fourth-order valence-corrected chi connectivity index (χ4v) is 2.32. The number of hydrogen-bond acceptors (Lipinski definition) is 3. The average molecular weight is 212 g/mol. The number of piperazine rings is 1. The quantitative estimate of drug-likeness (QED) is 0.667. The summed E-state index contributed by atoms with van der Waals surface area (Å²) in [6.07, 6.45) is 2.12. The number of carbonyl (C=O) groups excluding carboxylic acids is 1. The van der Waals surface area contributed by atoms with Crippen molar-refractivity contribution in [1.82, 2.24) is 9.80 Å². The maximum atomic E-state index is 10.7. The summed E-state index contributed by atoms with van der Waals surface area (Å²) in [5, 5.41) is 8.78. The van der Waals surface area contributed by atoms with Gasteiger partial charge in [0.05, 0.1) is 0 Å². The van der Waals surface area contributed by atoms with Crippen molar-refractivity contribution in [3.05, 3.63) is 0 Å². The van der Waals surface area contributed by atoms with Crippen molar-refractivity contribution in [2.75, 3.05) is 26.2 Å². The predicted molar refractivity (Wildman–Crippen MR) is 53.7 cm³/mol. The molecule has 1 saturated carbocycles. The van der Waals surface area contributed by atoms with Gasteiger partial charge >= 0.3 is 6.09 Å². The molecule has 1 heterocycles. The van der Waals surface area contributed by atoms with Gasteiger partial charge in [-0.05, 0) is 12.8 Å². The summed E-state index contributed by atoms with van der Waals surface area (Å²) >= 11 is 0. The van der Waals surface area contributed by atoms with Gasteiger partial charge in [0.1, 0.15) is 6.29 Å². The van der Waals surface area contributed by atoms with Crippen molar-refractivity contribution in [3.63, 3.8) is 0 Å². The van der Waals surface area contributed by atoms with E-state index in [1.807, 2.05) is 0 Å². The SMILES string of the molecule is O=CC1CC(N2CCN(C(=O)O)CC2)C1. The van der Waals surface area contributed by atoms with E-state index < -0.39 is 6.09 Å². The van der Waals surface area contributed by atoms with Crippen LogP contribution in [0.4, 0.5) is 4.79 Å². The number of carboxylic acid groups (broad SMARTS) is 1. The molecule has 5 nitrogen and oxygen atoms in total. The molecule has 5 heteroatoms. The van der Waals surface area contributed by atoms with E-state index in [-0.39, 0.29) is 5.92 Å². The van der Waals surface area contributed by atoms with E-state index in [0.717, 1.165) is 32.2 Å². The molecule has 84 valence electrons. The summed E-state index contributed by atoms with van der Waals surface area (Å²) in [6.45, 7) is 2.81. The Bertz CT molecular complexity index is 255. The van der Waals surface area contributed by atoms with Gasteiger partial charge in [-0.2, -0.15) is 0 Å². The lowest BCUT2D eigenvalue weighted by atomic mass is 9.80. The second kappa shape index (κ2) is 4.18. The number of rotatable bonds is 2. The van der Waals surface area contributed by atoms with Gasteiger partial charge in [0.15, 0.2) is 0 Å². The van der Waals surface area contributed by atoms with Crippen LogP contribution in [0.5, 0.6) is 0 Å². The maximum absolute atomic E-state index is 10.7. The minimum Gasteiger partial charge on any atom is -0.465 e. The smallest absolute Gasteiger partial charge is 0.407 e. The van der Waals surface area contributed by atoms with Crippen molar-refractivity contribution < 1.29 is 14.7 Å². The van der Waals surface area contributed by atoms with Crippen LogP contribution in [0, 0.1) is 5.92 Å². The lowest BCUT2D eigenvalue weighted by Crippen LogP contribution is -2.55. The Balaban J connectivity index is 1.75. The summed E-state index contributed by atoms with van der Waals surface area (Å²) in [7, 11) is 0. The van der Waals surface area contributed by atoms with E-state index in [2.05, 4.69) is 4.90 Å². The fourth-order valence-electron chi connectivity index (χ4n) is 2.32. The average Bonchev–Trinajstić information content (AvgIpc) is 2.17. The molecule has 1 N–H and O–H groups in total. The topological polar surface area (TPSA) is 60.9 Å². The molecule has 0 aromatic carbocycles. The molecule has 0 aromatic rings. The third-order valence-electron chi connectivity index (χ3n) is 3.44. The second-order valence-corrected chi connectivity index (χ2v) is 4.33. The van der Waals surface area contributed by atoms with Crippen molar-refractivity contribution >= 4 is 12.4 Å². The molecule has 2 fully saturated rings. The molecule has 1 aliphatic carbocycles. The Morgan fingerprint density at radius 1 is 1.20 bits per heavy atom.